The van der Waals surface area contributed by atoms with Gasteiger partial charge in [-0.15, -0.1) is 11.3 Å². The maximum Gasteiger partial charge on any atom is 0.161 e. The third-order valence-corrected chi connectivity index (χ3v) is 3.52. The number of thiazole rings is 1. The van der Waals surface area contributed by atoms with Crippen LogP contribution in [0.15, 0.2) is 27.5 Å². The topological polar surface area (TPSA) is 31.4 Å². The Morgan fingerprint density at radius 1 is 1.19 bits per heavy atom. The van der Waals surface area contributed by atoms with Gasteiger partial charge >= 0.3 is 0 Å². The molecule has 84 valence electrons. The fraction of sp³-hybridized carbons (Fsp3) is 0.182. The van der Waals surface area contributed by atoms with Crippen LogP contribution in [0.5, 0.6) is 11.5 Å². The zero-order valence-electron chi connectivity index (χ0n) is 8.86. The first kappa shape index (κ1) is 11.4. The fourth-order valence-electron chi connectivity index (χ4n) is 1.38. The molecule has 16 heavy (non-hydrogen) atoms. The first-order chi connectivity index (χ1) is 7.74. The predicted molar refractivity (Wildman–Crippen MR) is 68.4 cm³/mol. The van der Waals surface area contributed by atoms with Crippen LogP contribution in [0.4, 0.5) is 0 Å². The second-order valence-corrected chi connectivity index (χ2v) is 5.19. The Bertz CT molecular complexity index is 498. The lowest BCUT2D eigenvalue weighted by molar-refractivity contribution is 0.355. The molecule has 0 atom stereocenters. The van der Waals surface area contributed by atoms with Crippen molar-refractivity contribution >= 4 is 27.3 Å². The smallest absolute Gasteiger partial charge is 0.161 e. The van der Waals surface area contributed by atoms with Crippen molar-refractivity contribution in [2.45, 2.75) is 0 Å². The highest BCUT2D eigenvalue weighted by Gasteiger charge is 2.08. The molecule has 0 aliphatic heterocycles. The van der Waals surface area contributed by atoms with Crippen LogP contribution in [0.25, 0.3) is 11.3 Å². The minimum atomic E-state index is 0.712. The highest BCUT2D eigenvalue weighted by atomic mass is 79.9. The highest BCUT2D eigenvalue weighted by molar-refractivity contribution is 9.11. The first-order valence-electron chi connectivity index (χ1n) is 4.58. The van der Waals surface area contributed by atoms with E-state index in [-0.39, 0.29) is 0 Å². The molecular formula is C11H10BrNO2S. The molecule has 3 nitrogen and oxygen atoms in total. The molecule has 1 heterocycles. The molecule has 0 bridgehead atoms. The van der Waals surface area contributed by atoms with Crippen molar-refractivity contribution in [3.05, 3.63) is 27.5 Å². The van der Waals surface area contributed by atoms with Gasteiger partial charge in [-0.3, -0.25) is 0 Å². The first-order valence-corrected chi connectivity index (χ1v) is 6.25. The summed E-state index contributed by atoms with van der Waals surface area (Å²) in [6, 6.07) is 5.75. The second-order valence-electron chi connectivity index (χ2n) is 3.06. The van der Waals surface area contributed by atoms with E-state index in [1.54, 1.807) is 25.6 Å². The Hall–Kier alpha value is -1.07. The number of ether oxygens (including phenoxy) is 2. The Morgan fingerprint density at radius 3 is 2.50 bits per heavy atom. The average molecular weight is 300 g/mol. The van der Waals surface area contributed by atoms with Crippen LogP contribution >= 0.6 is 27.3 Å². The zero-order chi connectivity index (χ0) is 11.5. The monoisotopic (exact) mass is 299 g/mol. The lowest BCUT2D eigenvalue weighted by Crippen LogP contribution is -1.90. The van der Waals surface area contributed by atoms with Crippen molar-refractivity contribution in [3.63, 3.8) is 0 Å². The highest BCUT2D eigenvalue weighted by Crippen LogP contribution is 2.33. The number of hydrogen-bond donors (Lipinski definition) is 0. The van der Waals surface area contributed by atoms with E-state index in [2.05, 4.69) is 20.9 Å². The van der Waals surface area contributed by atoms with E-state index >= 15 is 0 Å². The molecule has 2 rings (SSSR count). The van der Waals surface area contributed by atoms with Crippen molar-refractivity contribution in [2.75, 3.05) is 14.2 Å². The Balaban J connectivity index is 2.43. The maximum atomic E-state index is 5.24. The number of benzene rings is 1. The van der Waals surface area contributed by atoms with Crippen LogP contribution in [0, 0.1) is 0 Å². The number of methoxy groups -OCH3 is 2. The molecule has 0 spiro atoms. The van der Waals surface area contributed by atoms with Gasteiger partial charge in [-0.25, -0.2) is 4.98 Å². The number of rotatable bonds is 3. The number of halogens is 1. The van der Waals surface area contributed by atoms with Gasteiger partial charge in [0.1, 0.15) is 0 Å². The van der Waals surface area contributed by atoms with Gasteiger partial charge in [0, 0.05) is 10.9 Å². The van der Waals surface area contributed by atoms with Crippen LogP contribution in [0.1, 0.15) is 0 Å². The summed E-state index contributed by atoms with van der Waals surface area (Å²) < 4.78 is 11.3. The number of aromatic nitrogens is 1. The normalized spacial score (nSPS) is 10.2. The summed E-state index contributed by atoms with van der Waals surface area (Å²) in [4.78, 5) is 4.35. The molecule has 1 aromatic heterocycles. The van der Waals surface area contributed by atoms with Gasteiger partial charge in [0.2, 0.25) is 0 Å². The van der Waals surface area contributed by atoms with Crippen LogP contribution in [-0.2, 0) is 0 Å². The number of hydrogen-bond acceptors (Lipinski definition) is 4. The van der Waals surface area contributed by atoms with Crippen LogP contribution in [0.2, 0.25) is 0 Å². The van der Waals surface area contributed by atoms with Crippen molar-refractivity contribution in [1.29, 1.82) is 0 Å². The molecule has 0 N–H and O–H groups in total. The largest absolute Gasteiger partial charge is 0.493 e. The summed E-state index contributed by atoms with van der Waals surface area (Å²) in [6.07, 6.45) is 0. The molecule has 0 aliphatic carbocycles. The molecule has 0 fully saturated rings. The predicted octanol–water partition coefficient (Wildman–Crippen LogP) is 3.59. The summed E-state index contributed by atoms with van der Waals surface area (Å²) >= 11 is 4.90. The summed E-state index contributed by atoms with van der Waals surface area (Å²) in [5, 5.41) is 1.99. The van der Waals surface area contributed by atoms with E-state index in [1.807, 2.05) is 23.6 Å². The third kappa shape index (κ3) is 2.20. The molecule has 0 saturated carbocycles. The number of nitrogens with zero attached hydrogens (tertiary/aromatic N) is 1. The summed E-state index contributed by atoms with van der Waals surface area (Å²) in [7, 11) is 3.25. The van der Waals surface area contributed by atoms with E-state index in [0.29, 0.717) is 5.75 Å². The van der Waals surface area contributed by atoms with Gasteiger partial charge in [-0.1, -0.05) is 0 Å². The summed E-state index contributed by atoms with van der Waals surface area (Å²) in [6.45, 7) is 0. The van der Waals surface area contributed by atoms with Gasteiger partial charge in [-0.05, 0) is 34.1 Å². The quantitative estimate of drug-likeness (QED) is 0.868. The summed E-state index contributed by atoms with van der Waals surface area (Å²) in [5.41, 5.74) is 1.94. The van der Waals surface area contributed by atoms with E-state index in [1.165, 1.54) is 0 Å². The lowest BCUT2D eigenvalue weighted by atomic mass is 10.1. The average Bonchev–Trinajstić information content (AvgIpc) is 2.75. The fourth-order valence-corrected chi connectivity index (χ4v) is 2.40. The summed E-state index contributed by atoms with van der Waals surface area (Å²) in [5.74, 6) is 1.43. The molecule has 0 amide bonds. The van der Waals surface area contributed by atoms with E-state index in [0.717, 1.165) is 20.9 Å². The SMILES string of the molecule is COc1ccc(-c2csc(Br)n2)cc1OC. The molecule has 0 aliphatic rings. The molecule has 0 unspecified atom stereocenters. The van der Waals surface area contributed by atoms with Crippen molar-refractivity contribution < 1.29 is 9.47 Å². The van der Waals surface area contributed by atoms with E-state index < -0.39 is 0 Å². The third-order valence-electron chi connectivity index (χ3n) is 2.16. The van der Waals surface area contributed by atoms with Gasteiger partial charge in [0.15, 0.2) is 15.4 Å². The van der Waals surface area contributed by atoms with Crippen LogP contribution < -0.4 is 9.47 Å². The van der Waals surface area contributed by atoms with Crippen molar-refractivity contribution in [1.82, 2.24) is 4.98 Å². The van der Waals surface area contributed by atoms with Crippen LogP contribution in [0.3, 0.4) is 0 Å². The minimum absolute atomic E-state index is 0.712. The van der Waals surface area contributed by atoms with Gasteiger partial charge in [0.05, 0.1) is 19.9 Å². The standard InChI is InChI=1S/C11H10BrNO2S/c1-14-9-4-3-7(5-10(9)15-2)8-6-16-11(12)13-8/h3-6H,1-2H3. The molecule has 0 radical (unpaired) electrons. The van der Waals surface area contributed by atoms with Gasteiger partial charge < -0.3 is 9.47 Å². The molecule has 1 aromatic carbocycles. The Kier molecular flexibility index (Phi) is 3.46. The maximum absolute atomic E-state index is 5.24. The molecule has 0 saturated heterocycles. The van der Waals surface area contributed by atoms with E-state index in [9.17, 15) is 0 Å². The lowest BCUT2D eigenvalue weighted by Gasteiger charge is -2.08. The zero-order valence-corrected chi connectivity index (χ0v) is 11.3. The van der Waals surface area contributed by atoms with Crippen molar-refractivity contribution in [2.24, 2.45) is 0 Å². The van der Waals surface area contributed by atoms with Crippen molar-refractivity contribution in [3.8, 4) is 22.8 Å². The molecular weight excluding hydrogens is 290 g/mol. The molecule has 5 heteroatoms. The van der Waals surface area contributed by atoms with E-state index in [4.69, 9.17) is 9.47 Å². The van der Waals surface area contributed by atoms with Gasteiger partial charge in [0.25, 0.3) is 0 Å². The minimum Gasteiger partial charge on any atom is -0.493 e. The Morgan fingerprint density at radius 2 is 1.94 bits per heavy atom. The van der Waals surface area contributed by atoms with Gasteiger partial charge in [-0.2, -0.15) is 0 Å². The van der Waals surface area contributed by atoms with Crippen LogP contribution in [-0.4, -0.2) is 19.2 Å². The Labute approximate surface area is 106 Å². The second kappa shape index (κ2) is 4.84. The molecule has 2 aromatic rings.